The minimum atomic E-state index is -3.90. The van der Waals surface area contributed by atoms with Crippen molar-refractivity contribution >= 4 is 43.5 Å². The van der Waals surface area contributed by atoms with Crippen molar-refractivity contribution in [2.75, 3.05) is 36.9 Å². The fourth-order valence-corrected chi connectivity index (χ4v) is 5.90. The highest BCUT2D eigenvalue weighted by atomic mass is 79.9. The molecule has 11 heteroatoms. The average Bonchev–Trinajstić information content (AvgIpc) is 2.96. The van der Waals surface area contributed by atoms with E-state index in [4.69, 9.17) is 9.47 Å². The predicted molar refractivity (Wildman–Crippen MR) is 166 cm³/mol. The lowest BCUT2D eigenvalue weighted by Crippen LogP contribution is -2.53. The normalized spacial score (nSPS) is 13.4. The Morgan fingerprint density at radius 1 is 0.929 bits per heavy atom. The highest BCUT2D eigenvalue weighted by molar-refractivity contribution is 9.10. The first kappa shape index (κ1) is 31.4. The van der Waals surface area contributed by atoms with E-state index in [0.717, 1.165) is 26.2 Å². The number of rotatable bonds is 12. The molecule has 0 aromatic heterocycles. The lowest BCUT2D eigenvalue weighted by Gasteiger charge is -2.34. The summed E-state index contributed by atoms with van der Waals surface area (Å²) in [4.78, 5) is 29.4. The molecule has 9 nitrogen and oxygen atoms in total. The Morgan fingerprint density at radius 2 is 1.62 bits per heavy atom. The summed E-state index contributed by atoms with van der Waals surface area (Å²) in [7, 11) is -3.90. The molecule has 0 saturated heterocycles. The van der Waals surface area contributed by atoms with Crippen LogP contribution in [0.15, 0.2) is 77.3 Å². The first-order chi connectivity index (χ1) is 20.0. The monoisotopic (exact) mass is 657 g/mol. The first-order valence-electron chi connectivity index (χ1n) is 13.7. The SMILES string of the molecule is CC(C)CNC(=O)[C@@H](Cc1ccccc1)N(Cc1cccc(Br)c1)C(=O)CN(c1ccc2c(c1)OCCO2)S(C)(=O)=O. The number of anilines is 1. The number of sulfonamides is 1. The van der Waals surface area contributed by atoms with E-state index in [-0.39, 0.29) is 30.5 Å². The molecule has 3 aromatic rings. The molecular formula is C31H36BrN3O6S. The molecule has 0 fully saturated rings. The Kier molecular flexibility index (Phi) is 10.5. The van der Waals surface area contributed by atoms with E-state index < -0.39 is 28.5 Å². The lowest BCUT2D eigenvalue weighted by atomic mass is 10.0. The molecule has 1 atom stereocenters. The van der Waals surface area contributed by atoms with Crippen LogP contribution in [0.2, 0.25) is 0 Å². The number of nitrogens with one attached hydrogen (secondary N) is 1. The van der Waals surface area contributed by atoms with E-state index in [2.05, 4.69) is 21.2 Å². The van der Waals surface area contributed by atoms with Crippen LogP contribution in [0.25, 0.3) is 0 Å². The van der Waals surface area contributed by atoms with Crippen molar-refractivity contribution in [2.45, 2.75) is 32.9 Å². The van der Waals surface area contributed by atoms with E-state index in [1.54, 1.807) is 18.2 Å². The van der Waals surface area contributed by atoms with E-state index in [1.807, 2.05) is 68.4 Å². The van der Waals surface area contributed by atoms with Gasteiger partial charge >= 0.3 is 0 Å². The van der Waals surface area contributed by atoms with Gasteiger partial charge < -0.3 is 19.7 Å². The summed E-state index contributed by atoms with van der Waals surface area (Å²) >= 11 is 3.48. The molecule has 0 bridgehead atoms. The van der Waals surface area contributed by atoms with E-state index in [9.17, 15) is 18.0 Å². The molecule has 2 amide bonds. The molecule has 0 unspecified atom stereocenters. The van der Waals surface area contributed by atoms with Crippen LogP contribution in [0.5, 0.6) is 11.5 Å². The van der Waals surface area contributed by atoms with Crippen LogP contribution in [0.4, 0.5) is 5.69 Å². The highest BCUT2D eigenvalue weighted by Gasteiger charge is 2.33. The third-order valence-corrected chi connectivity index (χ3v) is 8.32. The number of carbonyl (C=O) groups is 2. The molecule has 1 aliphatic rings. The lowest BCUT2D eigenvalue weighted by molar-refractivity contribution is -0.140. The number of fused-ring (bicyclic) bond motifs is 1. The molecular weight excluding hydrogens is 622 g/mol. The molecule has 1 aliphatic heterocycles. The van der Waals surface area contributed by atoms with Gasteiger partial charge in [0.25, 0.3) is 0 Å². The smallest absolute Gasteiger partial charge is 0.244 e. The van der Waals surface area contributed by atoms with Crippen molar-refractivity contribution in [1.82, 2.24) is 10.2 Å². The van der Waals surface area contributed by atoms with Gasteiger partial charge in [-0.25, -0.2) is 8.42 Å². The second kappa shape index (κ2) is 14.1. The van der Waals surface area contributed by atoms with Gasteiger partial charge in [-0.05, 0) is 41.3 Å². The number of benzene rings is 3. The standard InChI is InChI=1S/C31H36BrN3O6S/c1-22(2)19-33-31(37)27(17-23-8-5-4-6-9-23)34(20-24-10-7-11-25(32)16-24)30(36)21-35(42(3,38)39)26-12-13-28-29(18-26)41-15-14-40-28/h4-13,16,18,22,27H,14-15,17,19-21H2,1-3H3,(H,33,37)/t27-/m1/s1. The van der Waals surface area contributed by atoms with Crippen LogP contribution in [-0.2, 0) is 32.6 Å². The van der Waals surface area contributed by atoms with Crippen LogP contribution in [0.3, 0.4) is 0 Å². The number of hydrogen-bond acceptors (Lipinski definition) is 6. The predicted octanol–water partition coefficient (Wildman–Crippen LogP) is 4.40. The number of halogens is 1. The zero-order chi connectivity index (χ0) is 30.3. The van der Waals surface area contributed by atoms with Crippen molar-refractivity contribution in [1.29, 1.82) is 0 Å². The van der Waals surface area contributed by atoms with E-state index in [0.29, 0.717) is 31.3 Å². The van der Waals surface area contributed by atoms with Gasteiger partial charge in [-0.2, -0.15) is 0 Å². The average molecular weight is 659 g/mol. The zero-order valence-electron chi connectivity index (χ0n) is 24.0. The highest BCUT2D eigenvalue weighted by Crippen LogP contribution is 2.35. The van der Waals surface area contributed by atoms with Crippen molar-refractivity contribution < 1.29 is 27.5 Å². The molecule has 0 spiro atoms. The maximum absolute atomic E-state index is 14.2. The van der Waals surface area contributed by atoms with Crippen molar-refractivity contribution in [3.05, 3.63) is 88.4 Å². The Morgan fingerprint density at radius 3 is 2.29 bits per heavy atom. The van der Waals surface area contributed by atoms with Gasteiger partial charge in [-0.15, -0.1) is 0 Å². The van der Waals surface area contributed by atoms with Gasteiger partial charge in [0.2, 0.25) is 21.8 Å². The van der Waals surface area contributed by atoms with Crippen LogP contribution in [0.1, 0.15) is 25.0 Å². The van der Waals surface area contributed by atoms with Gasteiger partial charge in [0.05, 0.1) is 11.9 Å². The molecule has 3 aromatic carbocycles. The molecule has 1 N–H and O–H groups in total. The van der Waals surface area contributed by atoms with Crippen molar-refractivity contribution in [3.63, 3.8) is 0 Å². The van der Waals surface area contributed by atoms with Gasteiger partial charge in [0, 0.05) is 30.0 Å². The van der Waals surface area contributed by atoms with Crippen LogP contribution in [0, 0.1) is 5.92 Å². The second-order valence-corrected chi connectivity index (χ2v) is 13.4. The van der Waals surface area contributed by atoms with Crippen LogP contribution < -0.4 is 19.1 Å². The van der Waals surface area contributed by atoms with E-state index in [1.165, 1.54) is 4.90 Å². The molecule has 4 rings (SSSR count). The van der Waals surface area contributed by atoms with Gasteiger partial charge in [0.1, 0.15) is 25.8 Å². The molecule has 1 heterocycles. The fourth-order valence-electron chi connectivity index (χ4n) is 4.61. The first-order valence-corrected chi connectivity index (χ1v) is 16.4. The Labute approximate surface area is 256 Å². The second-order valence-electron chi connectivity index (χ2n) is 10.6. The summed E-state index contributed by atoms with van der Waals surface area (Å²) in [6.45, 7) is 4.76. The Bertz CT molecular complexity index is 1500. The third-order valence-electron chi connectivity index (χ3n) is 6.69. The Hall–Kier alpha value is -3.57. The zero-order valence-corrected chi connectivity index (χ0v) is 26.4. The number of hydrogen-bond donors (Lipinski definition) is 1. The number of carbonyl (C=O) groups excluding carboxylic acids is 2. The molecule has 0 saturated carbocycles. The van der Waals surface area contributed by atoms with Crippen molar-refractivity contribution in [2.24, 2.45) is 5.92 Å². The third kappa shape index (κ3) is 8.48. The minimum absolute atomic E-state index is 0.101. The summed E-state index contributed by atoms with van der Waals surface area (Å²) in [5.41, 5.74) is 1.93. The largest absolute Gasteiger partial charge is 0.486 e. The fraction of sp³-hybridized carbons (Fsp3) is 0.355. The van der Waals surface area contributed by atoms with Crippen LogP contribution in [-0.4, -0.2) is 63.7 Å². The molecule has 42 heavy (non-hydrogen) atoms. The maximum Gasteiger partial charge on any atom is 0.244 e. The van der Waals surface area contributed by atoms with Gasteiger partial charge in [-0.3, -0.25) is 13.9 Å². The topological polar surface area (TPSA) is 105 Å². The molecule has 224 valence electrons. The summed E-state index contributed by atoms with van der Waals surface area (Å²) in [6, 6.07) is 20.8. The molecule has 0 aliphatic carbocycles. The summed E-state index contributed by atoms with van der Waals surface area (Å²) in [5, 5.41) is 2.98. The van der Waals surface area contributed by atoms with Crippen molar-refractivity contribution in [3.8, 4) is 11.5 Å². The maximum atomic E-state index is 14.2. The van der Waals surface area contributed by atoms with E-state index >= 15 is 0 Å². The van der Waals surface area contributed by atoms with Gasteiger partial charge in [-0.1, -0.05) is 72.2 Å². The number of amides is 2. The summed E-state index contributed by atoms with van der Waals surface area (Å²) in [5.74, 6) is 0.292. The summed E-state index contributed by atoms with van der Waals surface area (Å²) in [6.07, 6.45) is 1.31. The quantitative estimate of drug-likeness (QED) is 0.310. The molecule has 0 radical (unpaired) electrons. The summed E-state index contributed by atoms with van der Waals surface area (Å²) < 4.78 is 39.2. The van der Waals surface area contributed by atoms with Crippen LogP contribution >= 0.6 is 15.9 Å². The number of ether oxygens (including phenoxy) is 2. The number of nitrogens with zero attached hydrogens (tertiary/aromatic N) is 2. The van der Waals surface area contributed by atoms with Gasteiger partial charge in [0.15, 0.2) is 11.5 Å². The Balaban J connectivity index is 1.72. The minimum Gasteiger partial charge on any atom is -0.486 e.